The van der Waals surface area contributed by atoms with Gasteiger partial charge in [-0.3, -0.25) is 9.59 Å². The quantitative estimate of drug-likeness (QED) is 0.501. The molecule has 0 radical (unpaired) electrons. The molecular formula is C9H14O6. The van der Waals surface area contributed by atoms with Gasteiger partial charge in [-0.05, 0) is 6.92 Å². The second-order valence-corrected chi connectivity index (χ2v) is 2.87. The van der Waals surface area contributed by atoms with Crippen LogP contribution in [0.1, 0.15) is 27.7 Å². The molecule has 15 heavy (non-hydrogen) atoms. The van der Waals surface area contributed by atoms with Gasteiger partial charge < -0.3 is 14.2 Å². The molecule has 0 aliphatic heterocycles. The molecule has 6 heteroatoms. The van der Waals surface area contributed by atoms with E-state index in [0.29, 0.717) is 0 Å². The highest BCUT2D eigenvalue weighted by Gasteiger charge is 2.20. The van der Waals surface area contributed by atoms with Crippen LogP contribution in [0.4, 0.5) is 0 Å². The van der Waals surface area contributed by atoms with Gasteiger partial charge in [0.2, 0.25) is 6.29 Å². The lowest BCUT2D eigenvalue weighted by molar-refractivity contribution is -0.192. The van der Waals surface area contributed by atoms with E-state index in [1.54, 1.807) is 0 Å². The van der Waals surface area contributed by atoms with E-state index in [1.165, 1.54) is 27.7 Å². The van der Waals surface area contributed by atoms with Gasteiger partial charge in [-0.1, -0.05) is 0 Å². The molecule has 0 aromatic rings. The average Bonchev–Trinajstić information content (AvgIpc) is 2.00. The Hall–Kier alpha value is -1.59. The molecule has 86 valence electrons. The molecule has 0 bridgehead atoms. The number of hydrogen-bond acceptors (Lipinski definition) is 6. The minimum Gasteiger partial charge on any atom is -0.451 e. The van der Waals surface area contributed by atoms with Gasteiger partial charge in [0.05, 0.1) is 0 Å². The van der Waals surface area contributed by atoms with Crippen molar-refractivity contribution in [2.75, 3.05) is 0 Å². The van der Waals surface area contributed by atoms with Crippen molar-refractivity contribution in [2.45, 2.75) is 40.1 Å². The lowest BCUT2D eigenvalue weighted by Crippen LogP contribution is -2.30. The summed E-state index contributed by atoms with van der Waals surface area (Å²) in [5.74, 6) is -1.91. The van der Waals surface area contributed by atoms with Crippen molar-refractivity contribution in [1.82, 2.24) is 0 Å². The van der Waals surface area contributed by atoms with Crippen molar-refractivity contribution >= 4 is 17.9 Å². The van der Waals surface area contributed by atoms with Gasteiger partial charge in [-0.15, -0.1) is 0 Å². The Bertz CT molecular complexity index is 259. The van der Waals surface area contributed by atoms with Crippen molar-refractivity contribution in [3.05, 3.63) is 0 Å². The predicted molar refractivity (Wildman–Crippen MR) is 48.5 cm³/mol. The van der Waals surface area contributed by atoms with Crippen LogP contribution in [-0.2, 0) is 28.6 Å². The topological polar surface area (TPSA) is 78.9 Å². The Morgan fingerprint density at radius 3 is 1.73 bits per heavy atom. The minimum absolute atomic E-state index is 0.560. The monoisotopic (exact) mass is 218 g/mol. The van der Waals surface area contributed by atoms with Gasteiger partial charge in [0.1, 0.15) is 0 Å². The lowest BCUT2D eigenvalue weighted by Gasteiger charge is -2.16. The van der Waals surface area contributed by atoms with Gasteiger partial charge in [-0.25, -0.2) is 4.79 Å². The summed E-state index contributed by atoms with van der Waals surface area (Å²) in [6, 6.07) is 0. The number of esters is 3. The Balaban J connectivity index is 4.01. The first-order chi connectivity index (χ1) is 6.82. The summed E-state index contributed by atoms with van der Waals surface area (Å²) >= 11 is 0. The molecule has 0 saturated heterocycles. The summed E-state index contributed by atoms with van der Waals surface area (Å²) in [5, 5.41) is 0. The Morgan fingerprint density at radius 1 is 0.867 bits per heavy atom. The summed E-state index contributed by atoms with van der Waals surface area (Å²) in [6.45, 7) is 5.13. The van der Waals surface area contributed by atoms with Gasteiger partial charge in [0.25, 0.3) is 0 Å². The Labute approximate surface area is 87.5 Å². The number of ether oxygens (including phenoxy) is 3. The molecule has 2 unspecified atom stereocenters. The SMILES string of the molecule is CC(=O)OC(C)OC(=O)C(C)OC(C)=O. The average molecular weight is 218 g/mol. The third-order valence-corrected chi connectivity index (χ3v) is 1.29. The molecule has 0 spiro atoms. The standard InChI is InChI=1S/C9H14O6/c1-5(13-6(2)10)9(12)15-8(4)14-7(3)11/h5,8H,1-4H3. The van der Waals surface area contributed by atoms with Crippen LogP contribution < -0.4 is 0 Å². The first-order valence-corrected chi connectivity index (χ1v) is 4.38. The highest BCUT2D eigenvalue weighted by atomic mass is 16.7. The summed E-state index contributed by atoms with van der Waals surface area (Å²) in [5.41, 5.74) is 0. The fraction of sp³-hybridized carbons (Fsp3) is 0.667. The Kier molecular flexibility index (Phi) is 5.36. The molecule has 0 N–H and O–H groups in total. The van der Waals surface area contributed by atoms with Crippen molar-refractivity contribution in [3.63, 3.8) is 0 Å². The molecule has 0 heterocycles. The molecule has 2 atom stereocenters. The zero-order chi connectivity index (χ0) is 12.0. The van der Waals surface area contributed by atoms with E-state index >= 15 is 0 Å². The molecule has 6 nitrogen and oxygen atoms in total. The van der Waals surface area contributed by atoms with E-state index in [0.717, 1.165) is 0 Å². The van der Waals surface area contributed by atoms with Crippen LogP contribution in [0, 0.1) is 0 Å². The normalized spacial score (nSPS) is 13.6. The summed E-state index contributed by atoms with van der Waals surface area (Å²) in [6.07, 6.45) is -2.01. The van der Waals surface area contributed by atoms with E-state index in [2.05, 4.69) is 14.2 Å². The Morgan fingerprint density at radius 2 is 1.33 bits per heavy atom. The number of rotatable bonds is 4. The fourth-order valence-electron chi connectivity index (χ4n) is 0.814. The van der Waals surface area contributed by atoms with Gasteiger partial charge >= 0.3 is 17.9 Å². The molecule has 0 saturated carbocycles. The first kappa shape index (κ1) is 13.4. The molecule has 0 aliphatic carbocycles. The largest absolute Gasteiger partial charge is 0.451 e. The zero-order valence-corrected chi connectivity index (χ0v) is 9.10. The first-order valence-electron chi connectivity index (χ1n) is 4.38. The van der Waals surface area contributed by atoms with Crippen molar-refractivity contribution in [2.24, 2.45) is 0 Å². The van der Waals surface area contributed by atoms with Gasteiger partial charge in [-0.2, -0.15) is 0 Å². The third-order valence-electron chi connectivity index (χ3n) is 1.29. The fourth-order valence-corrected chi connectivity index (χ4v) is 0.814. The van der Waals surface area contributed by atoms with Crippen LogP contribution in [0.3, 0.4) is 0 Å². The second-order valence-electron chi connectivity index (χ2n) is 2.87. The van der Waals surface area contributed by atoms with Crippen molar-refractivity contribution < 1.29 is 28.6 Å². The van der Waals surface area contributed by atoms with E-state index in [9.17, 15) is 14.4 Å². The van der Waals surface area contributed by atoms with Crippen LogP contribution >= 0.6 is 0 Å². The summed E-state index contributed by atoms with van der Waals surface area (Å²) in [7, 11) is 0. The molecule has 0 aromatic heterocycles. The van der Waals surface area contributed by atoms with E-state index < -0.39 is 30.3 Å². The van der Waals surface area contributed by atoms with E-state index in [4.69, 9.17) is 0 Å². The summed E-state index contributed by atoms with van der Waals surface area (Å²) in [4.78, 5) is 32.2. The van der Waals surface area contributed by atoms with Gasteiger partial charge in [0.15, 0.2) is 6.10 Å². The van der Waals surface area contributed by atoms with Crippen LogP contribution in [0.25, 0.3) is 0 Å². The molecule has 0 aromatic carbocycles. The van der Waals surface area contributed by atoms with Gasteiger partial charge in [0, 0.05) is 20.8 Å². The maximum Gasteiger partial charge on any atom is 0.350 e. The second kappa shape index (κ2) is 6.00. The van der Waals surface area contributed by atoms with Crippen molar-refractivity contribution in [3.8, 4) is 0 Å². The number of carbonyl (C=O) groups excluding carboxylic acids is 3. The van der Waals surface area contributed by atoms with E-state index in [-0.39, 0.29) is 0 Å². The van der Waals surface area contributed by atoms with Crippen molar-refractivity contribution in [1.29, 1.82) is 0 Å². The zero-order valence-electron chi connectivity index (χ0n) is 9.10. The summed E-state index contributed by atoms with van der Waals surface area (Å²) < 4.78 is 13.8. The molecule has 0 aliphatic rings. The van der Waals surface area contributed by atoms with E-state index in [1.807, 2.05) is 0 Å². The van der Waals surface area contributed by atoms with Crippen LogP contribution in [-0.4, -0.2) is 30.3 Å². The molecular weight excluding hydrogens is 204 g/mol. The van der Waals surface area contributed by atoms with Crippen LogP contribution in [0.15, 0.2) is 0 Å². The van der Waals surface area contributed by atoms with Crippen LogP contribution in [0.5, 0.6) is 0 Å². The highest BCUT2D eigenvalue weighted by molar-refractivity contribution is 5.78. The number of carbonyl (C=O) groups is 3. The molecule has 0 fully saturated rings. The number of hydrogen-bond donors (Lipinski definition) is 0. The highest BCUT2D eigenvalue weighted by Crippen LogP contribution is 2.01. The smallest absolute Gasteiger partial charge is 0.350 e. The lowest BCUT2D eigenvalue weighted by atomic mass is 10.4. The van der Waals surface area contributed by atoms with Crippen LogP contribution in [0.2, 0.25) is 0 Å². The predicted octanol–water partition coefficient (Wildman–Crippen LogP) is 0.390. The minimum atomic E-state index is -1.01. The maximum absolute atomic E-state index is 11.2. The molecule has 0 amide bonds. The third kappa shape index (κ3) is 6.48. The molecule has 0 rings (SSSR count). The maximum atomic E-state index is 11.2.